The van der Waals surface area contributed by atoms with Crippen LogP contribution in [-0.2, 0) is 10.0 Å². The molecule has 1 aliphatic rings. The van der Waals surface area contributed by atoms with Crippen LogP contribution in [0.15, 0.2) is 23.1 Å². The summed E-state index contributed by atoms with van der Waals surface area (Å²) >= 11 is 0. The average Bonchev–Trinajstić information content (AvgIpc) is 2.31. The van der Waals surface area contributed by atoms with Gasteiger partial charge in [0.05, 0.1) is 4.90 Å². The summed E-state index contributed by atoms with van der Waals surface area (Å²) in [5.41, 5.74) is 0.0564. The highest BCUT2D eigenvalue weighted by molar-refractivity contribution is 7.89. The molecular formula is C13H14FNO3S. The largest absolute Gasteiger partial charge is 0.384 e. The maximum absolute atomic E-state index is 13.2. The first-order valence-corrected chi connectivity index (χ1v) is 7.43. The van der Waals surface area contributed by atoms with Crippen LogP contribution in [0.1, 0.15) is 24.8 Å². The van der Waals surface area contributed by atoms with Crippen LogP contribution >= 0.6 is 0 Å². The third-order valence-corrected chi connectivity index (χ3v) is 4.54. The van der Waals surface area contributed by atoms with Crippen molar-refractivity contribution in [3.63, 3.8) is 0 Å². The van der Waals surface area contributed by atoms with Crippen molar-refractivity contribution >= 4 is 10.0 Å². The molecule has 0 heterocycles. The van der Waals surface area contributed by atoms with Gasteiger partial charge in [0, 0.05) is 11.6 Å². The Labute approximate surface area is 111 Å². The molecule has 0 aliphatic heterocycles. The van der Waals surface area contributed by atoms with Crippen LogP contribution in [0.25, 0.3) is 0 Å². The van der Waals surface area contributed by atoms with E-state index in [0.29, 0.717) is 0 Å². The minimum atomic E-state index is -3.70. The van der Waals surface area contributed by atoms with Gasteiger partial charge in [0.25, 0.3) is 0 Å². The van der Waals surface area contributed by atoms with E-state index in [-0.39, 0.29) is 16.5 Å². The Morgan fingerprint density at radius 1 is 1.42 bits per heavy atom. The van der Waals surface area contributed by atoms with Crippen LogP contribution in [0, 0.1) is 17.7 Å². The van der Waals surface area contributed by atoms with Gasteiger partial charge >= 0.3 is 0 Å². The van der Waals surface area contributed by atoms with Crippen LogP contribution in [-0.4, -0.2) is 26.2 Å². The Hall–Kier alpha value is -1.42. The van der Waals surface area contributed by atoms with E-state index >= 15 is 0 Å². The van der Waals surface area contributed by atoms with Crippen molar-refractivity contribution in [3.8, 4) is 11.8 Å². The van der Waals surface area contributed by atoms with Gasteiger partial charge < -0.3 is 5.11 Å². The predicted octanol–water partition coefficient (Wildman–Crippen LogP) is 1.00. The molecule has 4 nitrogen and oxygen atoms in total. The minimum absolute atomic E-state index is 0.0475. The number of nitrogens with one attached hydrogen (secondary N) is 1. The molecule has 1 fully saturated rings. The summed E-state index contributed by atoms with van der Waals surface area (Å²) in [6, 6.07) is 3.28. The van der Waals surface area contributed by atoms with E-state index in [1.807, 2.05) is 0 Å². The Morgan fingerprint density at radius 2 is 2.16 bits per heavy atom. The zero-order valence-electron chi connectivity index (χ0n) is 10.2. The molecule has 0 atom stereocenters. The minimum Gasteiger partial charge on any atom is -0.384 e. The highest BCUT2D eigenvalue weighted by Gasteiger charge is 2.26. The van der Waals surface area contributed by atoms with Gasteiger partial charge in [-0.05, 0) is 31.0 Å². The van der Waals surface area contributed by atoms with Gasteiger partial charge in [-0.25, -0.2) is 17.5 Å². The number of hydrogen-bond donors (Lipinski definition) is 2. The number of halogens is 1. The second kappa shape index (κ2) is 5.70. The molecule has 1 aromatic carbocycles. The number of benzene rings is 1. The molecule has 0 saturated heterocycles. The van der Waals surface area contributed by atoms with Crippen molar-refractivity contribution in [3.05, 3.63) is 29.6 Å². The van der Waals surface area contributed by atoms with E-state index in [4.69, 9.17) is 5.11 Å². The quantitative estimate of drug-likeness (QED) is 0.813. The first kappa shape index (κ1) is 14.0. The van der Waals surface area contributed by atoms with Crippen LogP contribution in [0.2, 0.25) is 0 Å². The second-order valence-corrected chi connectivity index (χ2v) is 6.03. The molecule has 19 heavy (non-hydrogen) atoms. The summed E-state index contributed by atoms with van der Waals surface area (Å²) in [6.45, 7) is -0.411. The van der Waals surface area contributed by atoms with E-state index < -0.39 is 22.4 Å². The Balaban J connectivity index is 2.36. The molecule has 0 aromatic heterocycles. The topological polar surface area (TPSA) is 66.4 Å². The van der Waals surface area contributed by atoms with Crippen LogP contribution < -0.4 is 4.72 Å². The summed E-state index contributed by atoms with van der Waals surface area (Å²) in [5.74, 6) is 4.23. The van der Waals surface area contributed by atoms with Gasteiger partial charge in [0.1, 0.15) is 12.4 Å². The van der Waals surface area contributed by atoms with Crippen molar-refractivity contribution in [2.24, 2.45) is 0 Å². The molecule has 1 saturated carbocycles. The molecule has 0 unspecified atom stereocenters. The summed E-state index contributed by atoms with van der Waals surface area (Å²) in [4.78, 5) is -0.0539. The maximum Gasteiger partial charge on any atom is 0.242 e. The van der Waals surface area contributed by atoms with Gasteiger partial charge in [-0.1, -0.05) is 18.3 Å². The molecule has 2 rings (SSSR count). The van der Waals surface area contributed by atoms with Crippen molar-refractivity contribution in [2.45, 2.75) is 30.2 Å². The lowest BCUT2D eigenvalue weighted by atomic mass is 9.94. The number of rotatable bonds is 3. The number of aliphatic hydroxyl groups excluding tert-OH is 1. The van der Waals surface area contributed by atoms with Gasteiger partial charge in [0.15, 0.2) is 0 Å². The highest BCUT2D eigenvalue weighted by Crippen LogP contribution is 2.22. The average molecular weight is 283 g/mol. The molecule has 0 radical (unpaired) electrons. The van der Waals surface area contributed by atoms with Gasteiger partial charge in [-0.3, -0.25) is 0 Å². The smallest absolute Gasteiger partial charge is 0.242 e. The summed E-state index contributed by atoms with van der Waals surface area (Å²) < 4.78 is 40.1. The Kier molecular flexibility index (Phi) is 4.20. The fraction of sp³-hybridized carbons (Fsp3) is 0.385. The molecule has 0 bridgehead atoms. The SMILES string of the molecule is O=S(=O)(NC1CCC1)c1ccc(F)cc1C#CCO. The highest BCUT2D eigenvalue weighted by atomic mass is 32.2. The molecule has 2 N–H and O–H groups in total. The summed E-state index contributed by atoms with van der Waals surface area (Å²) in [5, 5.41) is 8.65. The fourth-order valence-electron chi connectivity index (χ4n) is 1.78. The maximum atomic E-state index is 13.2. The van der Waals surface area contributed by atoms with Gasteiger partial charge in [-0.15, -0.1) is 0 Å². The molecule has 0 amide bonds. The normalized spacial score (nSPS) is 15.5. The summed E-state index contributed by atoms with van der Waals surface area (Å²) in [7, 11) is -3.70. The molecule has 0 spiro atoms. The lowest BCUT2D eigenvalue weighted by Gasteiger charge is -2.26. The zero-order valence-corrected chi connectivity index (χ0v) is 11.0. The van der Waals surface area contributed by atoms with Crippen LogP contribution in [0.5, 0.6) is 0 Å². The number of sulfonamides is 1. The number of aliphatic hydroxyl groups is 1. The third-order valence-electron chi connectivity index (χ3n) is 2.96. The monoisotopic (exact) mass is 283 g/mol. The zero-order chi connectivity index (χ0) is 13.9. The van der Waals surface area contributed by atoms with E-state index in [2.05, 4.69) is 16.6 Å². The molecule has 1 aromatic rings. The van der Waals surface area contributed by atoms with Crippen molar-refractivity contribution in [1.29, 1.82) is 0 Å². The van der Waals surface area contributed by atoms with Crippen LogP contribution in [0.4, 0.5) is 4.39 Å². The van der Waals surface area contributed by atoms with E-state index in [1.54, 1.807) is 0 Å². The van der Waals surface area contributed by atoms with Gasteiger partial charge in [0.2, 0.25) is 10.0 Å². The van der Waals surface area contributed by atoms with E-state index in [0.717, 1.165) is 31.4 Å². The van der Waals surface area contributed by atoms with Crippen LogP contribution in [0.3, 0.4) is 0 Å². The van der Waals surface area contributed by atoms with Crippen molar-refractivity contribution in [1.82, 2.24) is 4.72 Å². The first-order valence-electron chi connectivity index (χ1n) is 5.94. The second-order valence-electron chi connectivity index (χ2n) is 4.35. The number of hydrogen-bond acceptors (Lipinski definition) is 3. The molecule has 102 valence electrons. The Morgan fingerprint density at radius 3 is 2.74 bits per heavy atom. The summed E-state index contributed by atoms with van der Waals surface area (Å²) in [6.07, 6.45) is 2.64. The predicted molar refractivity (Wildman–Crippen MR) is 68.3 cm³/mol. The first-order chi connectivity index (χ1) is 9.03. The van der Waals surface area contributed by atoms with Crippen molar-refractivity contribution in [2.75, 3.05) is 6.61 Å². The third kappa shape index (κ3) is 3.32. The molecule has 1 aliphatic carbocycles. The van der Waals surface area contributed by atoms with Crippen molar-refractivity contribution < 1.29 is 17.9 Å². The molecule has 6 heteroatoms. The Bertz CT molecular complexity index is 627. The standard InChI is InChI=1S/C13H14FNO3S/c14-11-6-7-13(10(9-11)3-2-8-16)19(17,18)15-12-4-1-5-12/h6-7,9,12,15-16H,1,4-5,8H2. The fourth-order valence-corrected chi connectivity index (χ4v) is 3.23. The van der Waals surface area contributed by atoms with E-state index in [1.165, 1.54) is 6.07 Å². The lowest BCUT2D eigenvalue weighted by Crippen LogP contribution is -2.39. The van der Waals surface area contributed by atoms with E-state index in [9.17, 15) is 12.8 Å². The van der Waals surface area contributed by atoms with Gasteiger partial charge in [-0.2, -0.15) is 0 Å². The molecular weight excluding hydrogens is 269 g/mol. The lowest BCUT2D eigenvalue weighted by molar-refractivity contribution is 0.350.